The van der Waals surface area contributed by atoms with Crippen molar-refractivity contribution in [3.63, 3.8) is 0 Å². The van der Waals surface area contributed by atoms with Crippen molar-refractivity contribution in [3.05, 3.63) is 41.0 Å². The van der Waals surface area contributed by atoms with Crippen LogP contribution in [0.4, 0.5) is 4.39 Å². The van der Waals surface area contributed by atoms with E-state index in [1.165, 1.54) is 35.5 Å². The van der Waals surface area contributed by atoms with Gasteiger partial charge in [0.25, 0.3) is 0 Å². The van der Waals surface area contributed by atoms with Gasteiger partial charge in [-0.1, -0.05) is 0 Å². The summed E-state index contributed by atoms with van der Waals surface area (Å²) >= 11 is 1.47. The van der Waals surface area contributed by atoms with E-state index in [2.05, 4.69) is 5.32 Å². The van der Waals surface area contributed by atoms with Crippen LogP contribution >= 0.6 is 11.3 Å². The monoisotopic (exact) mass is 347 g/mol. The fourth-order valence-corrected chi connectivity index (χ4v) is 3.79. The number of methoxy groups -OCH3 is 1. The van der Waals surface area contributed by atoms with E-state index < -0.39 is 5.54 Å². The molecule has 0 spiro atoms. The van der Waals surface area contributed by atoms with Crippen LogP contribution in [0.1, 0.15) is 18.2 Å². The lowest BCUT2D eigenvalue weighted by Gasteiger charge is -2.38. The first-order valence-electron chi connectivity index (χ1n) is 7.41. The number of halogens is 1. The van der Waals surface area contributed by atoms with E-state index in [0.717, 1.165) is 15.3 Å². The van der Waals surface area contributed by atoms with E-state index >= 15 is 0 Å². The van der Waals surface area contributed by atoms with Gasteiger partial charge in [0.15, 0.2) is 5.96 Å². The van der Waals surface area contributed by atoms with Crippen molar-refractivity contribution in [2.75, 3.05) is 14.2 Å². The minimum absolute atomic E-state index is 0.0797. The third-order valence-corrected chi connectivity index (χ3v) is 5.55. The van der Waals surface area contributed by atoms with Crippen LogP contribution in [0.2, 0.25) is 0 Å². The molecule has 1 fully saturated rings. The van der Waals surface area contributed by atoms with E-state index in [1.807, 2.05) is 19.1 Å². The van der Waals surface area contributed by atoms with Crippen LogP contribution in [0, 0.1) is 11.2 Å². The maximum atomic E-state index is 13.7. The van der Waals surface area contributed by atoms with Crippen molar-refractivity contribution >= 4 is 23.2 Å². The Labute approximate surface area is 143 Å². The molecule has 1 saturated heterocycles. The summed E-state index contributed by atoms with van der Waals surface area (Å²) in [6, 6.07) is 8.37. The Morgan fingerprint density at radius 2 is 2.12 bits per heavy atom. The van der Waals surface area contributed by atoms with Gasteiger partial charge in [-0.2, -0.15) is 0 Å². The maximum absolute atomic E-state index is 13.7. The largest absolute Gasteiger partial charge is 0.497 e. The number of nitrogens with one attached hydrogen (secondary N) is 2. The molecule has 3 rings (SSSR count). The zero-order valence-corrected chi connectivity index (χ0v) is 14.5. The van der Waals surface area contributed by atoms with Gasteiger partial charge in [-0.05, 0) is 36.8 Å². The Hall–Kier alpha value is -2.41. The van der Waals surface area contributed by atoms with Gasteiger partial charge in [-0.25, -0.2) is 4.39 Å². The van der Waals surface area contributed by atoms with Gasteiger partial charge in [-0.15, -0.1) is 11.3 Å². The van der Waals surface area contributed by atoms with E-state index in [1.54, 1.807) is 13.1 Å². The van der Waals surface area contributed by atoms with E-state index in [9.17, 15) is 9.18 Å². The van der Waals surface area contributed by atoms with Gasteiger partial charge < -0.3 is 10.1 Å². The molecule has 0 unspecified atom stereocenters. The third kappa shape index (κ3) is 2.87. The summed E-state index contributed by atoms with van der Waals surface area (Å²) in [5.74, 6) is 0.0696. The number of thiophene rings is 1. The number of guanidine groups is 1. The first-order chi connectivity index (χ1) is 11.3. The highest BCUT2D eigenvalue weighted by molar-refractivity contribution is 7.15. The highest BCUT2D eigenvalue weighted by Crippen LogP contribution is 2.38. The van der Waals surface area contributed by atoms with Crippen molar-refractivity contribution in [3.8, 4) is 16.2 Å². The summed E-state index contributed by atoms with van der Waals surface area (Å²) in [4.78, 5) is 15.2. The molecule has 1 aromatic carbocycles. The molecule has 7 heteroatoms. The third-order valence-electron chi connectivity index (χ3n) is 4.15. The molecule has 1 amide bonds. The highest BCUT2D eigenvalue weighted by atomic mass is 32.1. The first-order valence-corrected chi connectivity index (χ1v) is 8.22. The molecule has 0 bridgehead atoms. The van der Waals surface area contributed by atoms with E-state index in [4.69, 9.17) is 10.1 Å². The lowest BCUT2D eigenvalue weighted by Crippen LogP contribution is -2.57. The summed E-state index contributed by atoms with van der Waals surface area (Å²) in [7, 11) is 3.08. The minimum Gasteiger partial charge on any atom is -0.497 e. The van der Waals surface area contributed by atoms with Gasteiger partial charge in [-0.3, -0.25) is 15.1 Å². The molecule has 0 aliphatic carbocycles. The van der Waals surface area contributed by atoms with E-state index in [-0.39, 0.29) is 24.1 Å². The molecule has 2 aromatic rings. The number of carbonyl (C=O) groups excluding carboxylic acids is 1. The Bertz CT molecular complexity index is 800. The van der Waals surface area contributed by atoms with Crippen LogP contribution in [0.25, 0.3) is 10.4 Å². The van der Waals surface area contributed by atoms with Crippen molar-refractivity contribution in [1.82, 2.24) is 10.2 Å². The zero-order valence-electron chi connectivity index (χ0n) is 13.6. The second-order valence-electron chi connectivity index (χ2n) is 5.98. The van der Waals surface area contributed by atoms with Crippen molar-refractivity contribution in [2.24, 2.45) is 0 Å². The van der Waals surface area contributed by atoms with Gasteiger partial charge in [0.05, 0.1) is 19.1 Å². The number of hydrogen-bond donors (Lipinski definition) is 2. The molecule has 0 saturated carbocycles. The SMILES string of the molecule is COc1cc(F)cc(-c2ccc([C@]3(C)CC(=O)N(C)C(=N)N3)s2)c1. The van der Waals surface area contributed by atoms with Crippen LogP contribution in [-0.4, -0.2) is 30.9 Å². The second kappa shape index (κ2) is 5.90. The fourth-order valence-electron chi connectivity index (χ4n) is 2.70. The smallest absolute Gasteiger partial charge is 0.231 e. The molecule has 1 aromatic heterocycles. The summed E-state index contributed by atoms with van der Waals surface area (Å²) in [6.07, 6.45) is 0.262. The van der Waals surface area contributed by atoms with Gasteiger partial charge in [0, 0.05) is 22.9 Å². The number of carbonyl (C=O) groups is 1. The Kier molecular flexibility index (Phi) is 4.04. The van der Waals surface area contributed by atoms with Crippen LogP contribution in [0.15, 0.2) is 30.3 Å². The molecule has 5 nitrogen and oxygen atoms in total. The van der Waals surface area contributed by atoms with Crippen molar-refractivity contribution < 1.29 is 13.9 Å². The number of ether oxygens (including phenoxy) is 1. The molecule has 0 radical (unpaired) electrons. The van der Waals surface area contributed by atoms with Crippen molar-refractivity contribution in [2.45, 2.75) is 18.9 Å². The summed E-state index contributed by atoms with van der Waals surface area (Å²) in [5, 5.41) is 11.0. The predicted molar refractivity (Wildman–Crippen MR) is 91.9 cm³/mol. The maximum Gasteiger partial charge on any atom is 0.231 e. The van der Waals surface area contributed by atoms with Gasteiger partial charge in [0.1, 0.15) is 11.6 Å². The lowest BCUT2D eigenvalue weighted by atomic mass is 9.93. The molecular formula is C17H18FN3O2S. The molecular weight excluding hydrogens is 329 g/mol. The number of nitrogens with zero attached hydrogens (tertiary/aromatic N) is 1. The lowest BCUT2D eigenvalue weighted by molar-refractivity contribution is -0.129. The fraction of sp³-hybridized carbons (Fsp3) is 0.294. The number of rotatable bonds is 3. The Morgan fingerprint density at radius 3 is 2.79 bits per heavy atom. The van der Waals surface area contributed by atoms with Crippen LogP contribution < -0.4 is 10.1 Å². The molecule has 2 heterocycles. The topological polar surface area (TPSA) is 65.4 Å². The minimum atomic E-state index is -0.638. The summed E-state index contributed by atoms with van der Waals surface area (Å²) in [5.41, 5.74) is 0.0853. The number of hydrogen-bond acceptors (Lipinski definition) is 4. The molecule has 1 atom stereocenters. The number of benzene rings is 1. The van der Waals surface area contributed by atoms with Crippen LogP contribution in [0.3, 0.4) is 0 Å². The first kappa shape index (κ1) is 16.4. The van der Waals surface area contributed by atoms with Crippen LogP contribution in [-0.2, 0) is 10.3 Å². The normalized spacial score (nSPS) is 20.9. The Morgan fingerprint density at radius 1 is 1.38 bits per heavy atom. The molecule has 1 aliphatic rings. The quantitative estimate of drug-likeness (QED) is 0.896. The highest BCUT2D eigenvalue weighted by Gasteiger charge is 2.38. The zero-order chi connectivity index (χ0) is 17.5. The van der Waals surface area contributed by atoms with Crippen molar-refractivity contribution in [1.29, 1.82) is 5.41 Å². The standard InChI is InChI=1S/C17H18FN3O2S/c1-17(9-15(22)21(2)16(19)20-17)14-5-4-13(24-14)10-6-11(18)8-12(7-10)23-3/h4-8H,9H2,1-3H3,(H2,19,20)/t17-/m0/s1. The molecule has 126 valence electrons. The average Bonchev–Trinajstić information content (AvgIpc) is 3.03. The molecule has 1 aliphatic heterocycles. The average molecular weight is 347 g/mol. The summed E-state index contributed by atoms with van der Waals surface area (Å²) in [6.45, 7) is 1.90. The van der Waals surface area contributed by atoms with Gasteiger partial charge in [0.2, 0.25) is 5.91 Å². The predicted octanol–water partition coefficient (Wildman–Crippen LogP) is 3.16. The van der Waals surface area contributed by atoms with E-state index in [0.29, 0.717) is 5.75 Å². The Balaban J connectivity index is 1.95. The second-order valence-corrected chi connectivity index (χ2v) is 7.06. The molecule has 24 heavy (non-hydrogen) atoms. The van der Waals surface area contributed by atoms with Gasteiger partial charge >= 0.3 is 0 Å². The van der Waals surface area contributed by atoms with Crippen LogP contribution in [0.5, 0.6) is 5.75 Å². The summed E-state index contributed by atoms with van der Waals surface area (Å²) < 4.78 is 18.8. The molecule has 2 N–H and O–H groups in total. The number of amides is 1.